The van der Waals surface area contributed by atoms with Gasteiger partial charge in [0.05, 0.1) is 11.6 Å². The highest BCUT2D eigenvalue weighted by Gasteiger charge is 2.01. The summed E-state index contributed by atoms with van der Waals surface area (Å²) in [7, 11) is 0. The van der Waals surface area contributed by atoms with Crippen molar-refractivity contribution in [1.29, 1.82) is 5.26 Å². The molecular weight excluding hydrogens is 228 g/mol. The SMILES string of the molecule is CCNc1cc(Oc2cccc(C#N)c2)ncn1. The number of nitrogens with zero attached hydrogens (tertiary/aromatic N) is 3. The van der Waals surface area contributed by atoms with Gasteiger partial charge in [-0.2, -0.15) is 5.26 Å². The van der Waals surface area contributed by atoms with Crippen LogP contribution in [0.15, 0.2) is 36.7 Å². The Hall–Kier alpha value is -2.61. The maximum absolute atomic E-state index is 8.80. The quantitative estimate of drug-likeness (QED) is 0.889. The molecule has 0 unspecified atom stereocenters. The molecule has 90 valence electrons. The van der Waals surface area contributed by atoms with Crippen LogP contribution in [-0.4, -0.2) is 16.5 Å². The summed E-state index contributed by atoms with van der Waals surface area (Å²) in [5.74, 6) is 1.73. The van der Waals surface area contributed by atoms with Crippen LogP contribution >= 0.6 is 0 Å². The molecule has 0 aliphatic carbocycles. The molecular formula is C13H12N4O. The van der Waals surface area contributed by atoms with Gasteiger partial charge in [0, 0.05) is 12.6 Å². The first-order valence-corrected chi connectivity index (χ1v) is 5.55. The molecule has 0 atom stereocenters. The fourth-order valence-corrected chi connectivity index (χ4v) is 1.42. The Kier molecular flexibility index (Phi) is 3.72. The summed E-state index contributed by atoms with van der Waals surface area (Å²) >= 11 is 0. The molecule has 2 rings (SSSR count). The monoisotopic (exact) mass is 240 g/mol. The van der Waals surface area contributed by atoms with Crippen molar-refractivity contribution in [1.82, 2.24) is 9.97 Å². The third-order valence-electron chi connectivity index (χ3n) is 2.19. The van der Waals surface area contributed by atoms with Gasteiger partial charge in [-0.05, 0) is 25.1 Å². The van der Waals surface area contributed by atoms with Crippen LogP contribution in [0, 0.1) is 11.3 Å². The summed E-state index contributed by atoms with van der Waals surface area (Å²) < 4.78 is 5.57. The number of benzene rings is 1. The Balaban J connectivity index is 2.18. The van der Waals surface area contributed by atoms with Crippen molar-refractivity contribution in [3.8, 4) is 17.7 Å². The van der Waals surface area contributed by atoms with E-state index in [0.717, 1.165) is 6.54 Å². The molecule has 0 amide bonds. The average Bonchev–Trinajstić information content (AvgIpc) is 2.40. The first kappa shape index (κ1) is 11.9. The Morgan fingerprint density at radius 3 is 3.00 bits per heavy atom. The van der Waals surface area contributed by atoms with Crippen LogP contribution in [0.1, 0.15) is 12.5 Å². The van der Waals surface area contributed by atoms with Crippen LogP contribution in [-0.2, 0) is 0 Å². The summed E-state index contributed by atoms with van der Waals surface area (Å²) in [4.78, 5) is 8.07. The number of aromatic nitrogens is 2. The zero-order valence-electron chi connectivity index (χ0n) is 9.92. The van der Waals surface area contributed by atoms with E-state index in [1.807, 2.05) is 6.92 Å². The van der Waals surface area contributed by atoms with Gasteiger partial charge in [0.1, 0.15) is 17.9 Å². The number of nitriles is 1. The van der Waals surface area contributed by atoms with Crippen LogP contribution in [0.2, 0.25) is 0 Å². The lowest BCUT2D eigenvalue weighted by atomic mass is 10.2. The summed E-state index contributed by atoms with van der Waals surface area (Å²) in [6.45, 7) is 2.76. The summed E-state index contributed by atoms with van der Waals surface area (Å²) in [5.41, 5.74) is 0.550. The molecule has 2 aromatic rings. The molecule has 5 nitrogen and oxygen atoms in total. The Morgan fingerprint density at radius 1 is 1.33 bits per heavy atom. The molecule has 1 heterocycles. The van der Waals surface area contributed by atoms with Gasteiger partial charge in [-0.25, -0.2) is 9.97 Å². The number of hydrogen-bond acceptors (Lipinski definition) is 5. The van der Waals surface area contributed by atoms with E-state index in [-0.39, 0.29) is 0 Å². The second-order valence-electron chi connectivity index (χ2n) is 3.51. The van der Waals surface area contributed by atoms with Crippen LogP contribution in [0.4, 0.5) is 5.82 Å². The fourth-order valence-electron chi connectivity index (χ4n) is 1.42. The van der Waals surface area contributed by atoms with E-state index in [9.17, 15) is 0 Å². The molecule has 0 spiro atoms. The van der Waals surface area contributed by atoms with Gasteiger partial charge in [0.25, 0.3) is 0 Å². The van der Waals surface area contributed by atoms with Crippen molar-refractivity contribution in [3.63, 3.8) is 0 Å². The minimum Gasteiger partial charge on any atom is -0.439 e. The zero-order valence-corrected chi connectivity index (χ0v) is 9.92. The maximum atomic E-state index is 8.80. The number of hydrogen-bond donors (Lipinski definition) is 1. The van der Waals surface area contributed by atoms with Gasteiger partial charge in [-0.15, -0.1) is 0 Å². The molecule has 0 bridgehead atoms. The third-order valence-corrected chi connectivity index (χ3v) is 2.19. The van der Waals surface area contributed by atoms with Crippen molar-refractivity contribution in [2.24, 2.45) is 0 Å². The van der Waals surface area contributed by atoms with E-state index < -0.39 is 0 Å². The molecule has 18 heavy (non-hydrogen) atoms. The highest BCUT2D eigenvalue weighted by atomic mass is 16.5. The molecule has 1 aromatic carbocycles. The van der Waals surface area contributed by atoms with E-state index in [0.29, 0.717) is 23.0 Å². The summed E-state index contributed by atoms with van der Waals surface area (Å²) in [5, 5.41) is 11.9. The third kappa shape index (κ3) is 2.95. The van der Waals surface area contributed by atoms with Crippen molar-refractivity contribution in [2.45, 2.75) is 6.92 Å². The first-order valence-electron chi connectivity index (χ1n) is 5.55. The number of anilines is 1. The van der Waals surface area contributed by atoms with Crippen molar-refractivity contribution < 1.29 is 4.74 Å². The first-order chi connectivity index (χ1) is 8.81. The molecule has 0 fully saturated rings. The predicted molar refractivity (Wildman–Crippen MR) is 67.4 cm³/mol. The van der Waals surface area contributed by atoms with E-state index in [2.05, 4.69) is 21.4 Å². The van der Waals surface area contributed by atoms with Crippen molar-refractivity contribution >= 4 is 5.82 Å². The number of rotatable bonds is 4. The molecule has 0 aliphatic rings. The largest absolute Gasteiger partial charge is 0.439 e. The van der Waals surface area contributed by atoms with E-state index in [4.69, 9.17) is 10.00 Å². The fraction of sp³-hybridized carbons (Fsp3) is 0.154. The van der Waals surface area contributed by atoms with Gasteiger partial charge < -0.3 is 10.1 Å². The summed E-state index contributed by atoms with van der Waals surface area (Å²) in [6.07, 6.45) is 1.43. The molecule has 1 N–H and O–H groups in total. The van der Waals surface area contributed by atoms with E-state index in [1.54, 1.807) is 30.3 Å². The molecule has 5 heteroatoms. The smallest absolute Gasteiger partial charge is 0.224 e. The number of nitrogens with one attached hydrogen (secondary N) is 1. The van der Waals surface area contributed by atoms with E-state index in [1.165, 1.54) is 6.33 Å². The Morgan fingerprint density at radius 2 is 2.22 bits per heavy atom. The highest BCUT2D eigenvalue weighted by Crippen LogP contribution is 2.21. The Bertz CT molecular complexity index is 577. The van der Waals surface area contributed by atoms with Gasteiger partial charge in [0.2, 0.25) is 5.88 Å². The molecule has 1 aromatic heterocycles. The predicted octanol–water partition coefficient (Wildman–Crippen LogP) is 2.57. The van der Waals surface area contributed by atoms with Crippen LogP contribution in [0.25, 0.3) is 0 Å². The second kappa shape index (κ2) is 5.64. The average molecular weight is 240 g/mol. The van der Waals surface area contributed by atoms with Gasteiger partial charge in [-0.3, -0.25) is 0 Å². The minimum absolute atomic E-state index is 0.441. The second-order valence-corrected chi connectivity index (χ2v) is 3.51. The van der Waals surface area contributed by atoms with Crippen molar-refractivity contribution in [3.05, 3.63) is 42.2 Å². The van der Waals surface area contributed by atoms with Gasteiger partial charge in [0.15, 0.2) is 0 Å². The standard InChI is InChI=1S/C13H12N4O/c1-2-15-12-7-13(17-9-16-12)18-11-5-3-4-10(6-11)8-14/h3-7,9H,2H2,1H3,(H,15,16,17). The van der Waals surface area contributed by atoms with E-state index >= 15 is 0 Å². The topological polar surface area (TPSA) is 70.8 Å². The van der Waals surface area contributed by atoms with Crippen molar-refractivity contribution in [2.75, 3.05) is 11.9 Å². The van der Waals surface area contributed by atoms with Crippen LogP contribution in [0.3, 0.4) is 0 Å². The number of ether oxygens (including phenoxy) is 1. The molecule has 0 saturated carbocycles. The normalized spacial score (nSPS) is 9.56. The lowest BCUT2D eigenvalue weighted by Crippen LogP contribution is -2.00. The van der Waals surface area contributed by atoms with Gasteiger partial charge in [-0.1, -0.05) is 6.07 Å². The maximum Gasteiger partial charge on any atom is 0.224 e. The zero-order chi connectivity index (χ0) is 12.8. The summed E-state index contributed by atoms with van der Waals surface area (Å²) in [6, 6.07) is 10.7. The highest BCUT2D eigenvalue weighted by molar-refractivity contribution is 5.41. The molecule has 0 radical (unpaired) electrons. The van der Waals surface area contributed by atoms with Crippen LogP contribution < -0.4 is 10.1 Å². The molecule has 0 saturated heterocycles. The molecule has 0 aliphatic heterocycles. The van der Waals surface area contributed by atoms with Crippen LogP contribution in [0.5, 0.6) is 11.6 Å². The lowest BCUT2D eigenvalue weighted by Gasteiger charge is -2.06. The van der Waals surface area contributed by atoms with Gasteiger partial charge >= 0.3 is 0 Å². The Labute approximate surface area is 105 Å². The minimum atomic E-state index is 0.441. The lowest BCUT2D eigenvalue weighted by molar-refractivity contribution is 0.461.